The Balaban J connectivity index is 2.26. The van der Waals surface area contributed by atoms with Crippen LogP contribution in [0.2, 0.25) is 5.02 Å². The predicted octanol–water partition coefficient (Wildman–Crippen LogP) is 3.49. The summed E-state index contributed by atoms with van der Waals surface area (Å²) < 4.78 is 5.05. The van der Waals surface area contributed by atoms with E-state index in [2.05, 4.69) is 5.32 Å². The monoisotopic (exact) mass is 290 g/mol. The molecule has 0 spiro atoms. The molecule has 0 unspecified atom stereocenters. The minimum absolute atomic E-state index is 0.282. The van der Waals surface area contributed by atoms with Crippen LogP contribution < -0.4 is 15.8 Å². The Kier molecular flexibility index (Phi) is 4.15. The molecule has 0 atom stereocenters. The van der Waals surface area contributed by atoms with Gasteiger partial charge in [0.25, 0.3) is 5.91 Å². The molecule has 0 aliphatic rings. The molecule has 1 amide bonds. The van der Waals surface area contributed by atoms with Crippen LogP contribution in [0.1, 0.15) is 15.9 Å². The van der Waals surface area contributed by atoms with E-state index in [0.29, 0.717) is 27.7 Å². The molecular formula is C15H15ClN2O2. The predicted molar refractivity (Wildman–Crippen MR) is 81.5 cm³/mol. The van der Waals surface area contributed by atoms with E-state index in [1.807, 2.05) is 13.0 Å². The second-order valence-corrected chi connectivity index (χ2v) is 4.80. The van der Waals surface area contributed by atoms with E-state index in [1.54, 1.807) is 37.4 Å². The van der Waals surface area contributed by atoms with Crippen molar-refractivity contribution in [2.75, 3.05) is 18.2 Å². The molecule has 20 heavy (non-hydrogen) atoms. The Hall–Kier alpha value is -2.20. The standard InChI is InChI=1S/C15H15ClN2O2/c1-9-3-4-10(16)7-14(9)18-15(19)12-6-5-11(20-2)8-13(12)17/h3-8H,17H2,1-2H3,(H,18,19). The summed E-state index contributed by atoms with van der Waals surface area (Å²) in [4.78, 5) is 12.2. The molecule has 0 aromatic heterocycles. The average molecular weight is 291 g/mol. The number of anilines is 2. The van der Waals surface area contributed by atoms with Gasteiger partial charge in [-0.3, -0.25) is 4.79 Å². The van der Waals surface area contributed by atoms with E-state index >= 15 is 0 Å². The van der Waals surface area contributed by atoms with Gasteiger partial charge in [0.2, 0.25) is 0 Å². The molecule has 0 saturated carbocycles. The number of nitrogen functional groups attached to an aromatic ring is 1. The third kappa shape index (κ3) is 3.03. The first kappa shape index (κ1) is 14.2. The fourth-order valence-corrected chi connectivity index (χ4v) is 1.97. The summed E-state index contributed by atoms with van der Waals surface area (Å²) in [5.41, 5.74) is 8.20. The van der Waals surface area contributed by atoms with Gasteiger partial charge >= 0.3 is 0 Å². The maximum Gasteiger partial charge on any atom is 0.257 e. The molecule has 0 saturated heterocycles. The Morgan fingerprint density at radius 1 is 1.25 bits per heavy atom. The minimum Gasteiger partial charge on any atom is -0.497 e. The summed E-state index contributed by atoms with van der Waals surface area (Å²) in [5.74, 6) is 0.327. The van der Waals surface area contributed by atoms with Crippen molar-refractivity contribution < 1.29 is 9.53 Å². The summed E-state index contributed by atoms with van der Waals surface area (Å²) in [6, 6.07) is 10.2. The average Bonchev–Trinajstić information content (AvgIpc) is 2.42. The van der Waals surface area contributed by atoms with Gasteiger partial charge in [0.05, 0.1) is 12.7 Å². The number of hydrogen-bond acceptors (Lipinski definition) is 3. The van der Waals surface area contributed by atoms with Crippen LogP contribution in [0.3, 0.4) is 0 Å². The lowest BCUT2D eigenvalue weighted by Gasteiger charge is -2.11. The third-order valence-corrected chi connectivity index (χ3v) is 3.19. The Morgan fingerprint density at radius 2 is 2.00 bits per heavy atom. The van der Waals surface area contributed by atoms with Crippen LogP contribution in [0.25, 0.3) is 0 Å². The zero-order valence-corrected chi connectivity index (χ0v) is 12.0. The zero-order chi connectivity index (χ0) is 14.7. The fourth-order valence-electron chi connectivity index (χ4n) is 1.79. The van der Waals surface area contributed by atoms with E-state index in [0.717, 1.165) is 5.56 Å². The highest BCUT2D eigenvalue weighted by Gasteiger charge is 2.12. The zero-order valence-electron chi connectivity index (χ0n) is 11.2. The largest absolute Gasteiger partial charge is 0.497 e. The smallest absolute Gasteiger partial charge is 0.257 e. The molecule has 5 heteroatoms. The topological polar surface area (TPSA) is 64.3 Å². The number of nitrogens with one attached hydrogen (secondary N) is 1. The van der Waals surface area contributed by atoms with Crippen LogP contribution in [0, 0.1) is 6.92 Å². The van der Waals surface area contributed by atoms with Gasteiger partial charge in [0.15, 0.2) is 0 Å². The van der Waals surface area contributed by atoms with Crippen LogP contribution >= 0.6 is 11.6 Å². The quantitative estimate of drug-likeness (QED) is 0.851. The molecular weight excluding hydrogens is 276 g/mol. The first-order chi connectivity index (χ1) is 9.51. The summed E-state index contributed by atoms with van der Waals surface area (Å²) in [6.07, 6.45) is 0. The fraction of sp³-hybridized carbons (Fsp3) is 0.133. The van der Waals surface area contributed by atoms with E-state index in [4.69, 9.17) is 22.1 Å². The molecule has 104 valence electrons. The highest BCUT2D eigenvalue weighted by Crippen LogP contribution is 2.23. The Morgan fingerprint density at radius 3 is 2.65 bits per heavy atom. The van der Waals surface area contributed by atoms with Gasteiger partial charge in [-0.15, -0.1) is 0 Å². The van der Waals surface area contributed by atoms with Crippen LogP contribution in [-0.2, 0) is 0 Å². The van der Waals surface area contributed by atoms with Crippen molar-refractivity contribution in [2.24, 2.45) is 0 Å². The summed E-state index contributed by atoms with van der Waals surface area (Å²) in [6.45, 7) is 1.89. The lowest BCUT2D eigenvalue weighted by atomic mass is 10.1. The number of amides is 1. The number of hydrogen-bond donors (Lipinski definition) is 2. The number of nitrogens with two attached hydrogens (primary N) is 1. The molecule has 2 rings (SSSR count). The van der Waals surface area contributed by atoms with Gasteiger partial charge in [-0.05, 0) is 36.8 Å². The van der Waals surface area contributed by atoms with Crippen molar-refractivity contribution in [2.45, 2.75) is 6.92 Å². The number of carbonyl (C=O) groups is 1. The van der Waals surface area contributed by atoms with Crippen LogP contribution in [0.15, 0.2) is 36.4 Å². The minimum atomic E-state index is -0.282. The van der Waals surface area contributed by atoms with Crippen LogP contribution in [-0.4, -0.2) is 13.0 Å². The lowest BCUT2D eigenvalue weighted by Crippen LogP contribution is -2.14. The molecule has 0 aliphatic heterocycles. The van der Waals surface area contributed by atoms with Gasteiger partial charge in [0, 0.05) is 22.5 Å². The first-order valence-electron chi connectivity index (χ1n) is 6.02. The molecule has 4 nitrogen and oxygen atoms in total. The summed E-state index contributed by atoms with van der Waals surface area (Å²) in [5, 5.41) is 3.36. The van der Waals surface area contributed by atoms with Crippen LogP contribution in [0.4, 0.5) is 11.4 Å². The Bertz CT molecular complexity index is 656. The van der Waals surface area contributed by atoms with Gasteiger partial charge in [-0.25, -0.2) is 0 Å². The number of benzene rings is 2. The van der Waals surface area contributed by atoms with E-state index in [9.17, 15) is 4.79 Å². The molecule has 0 heterocycles. The number of rotatable bonds is 3. The second kappa shape index (κ2) is 5.84. The van der Waals surface area contributed by atoms with Crippen molar-refractivity contribution in [1.82, 2.24) is 0 Å². The molecule has 0 fully saturated rings. The number of methoxy groups -OCH3 is 1. The highest BCUT2D eigenvalue weighted by molar-refractivity contribution is 6.31. The van der Waals surface area contributed by atoms with Gasteiger partial charge in [0.1, 0.15) is 5.75 Å². The third-order valence-electron chi connectivity index (χ3n) is 2.95. The van der Waals surface area contributed by atoms with Gasteiger partial charge in [-0.2, -0.15) is 0 Å². The lowest BCUT2D eigenvalue weighted by molar-refractivity contribution is 0.102. The second-order valence-electron chi connectivity index (χ2n) is 4.37. The van der Waals surface area contributed by atoms with Crippen molar-refractivity contribution in [1.29, 1.82) is 0 Å². The van der Waals surface area contributed by atoms with Crippen molar-refractivity contribution >= 4 is 28.9 Å². The highest BCUT2D eigenvalue weighted by atomic mass is 35.5. The van der Waals surface area contributed by atoms with Gasteiger partial charge < -0.3 is 15.8 Å². The normalized spacial score (nSPS) is 10.2. The molecule has 0 radical (unpaired) electrons. The van der Waals surface area contributed by atoms with Crippen LogP contribution in [0.5, 0.6) is 5.75 Å². The van der Waals surface area contributed by atoms with E-state index in [1.165, 1.54) is 0 Å². The maximum absolute atomic E-state index is 12.2. The van der Waals surface area contributed by atoms with Crippen molar-refractivity contribution in [3.8, 4) is 5.75 Å². The molecule has 2 aromatic rings. The molecule has 3 N–H and O–H groups in total. The summed E-state index contributed by atoms with van der Waals surface area (Å²) >= 11 is 5.92. The molecule has 0 bridgehead atoms. The first-order valence-corrected chi connectivity index (χ1v) is 6.40. The number of ether oxygens (including phenoxy) is 1. The van der Waals surface area contributed by atoms with Gasteiger partial charge in [-0.1, -0.05) is 17.7 Å². The SMILES string of the molecule is COc1ccc(C(=O)Nc2cc(Cl)ccc2C)c(N)c1. The maximum atomic E-state index is 12.2. The number of aryl methyl sites for hydroxylation is 1. The molecule has 0 aliphatic carbocycles. The number of halogens is 1. The molecule has 2 aromatic carbocycles. The van der Waals surface area contributed by atoms with Crippen molar-refractivity contribution in [3.63, 3.8) is 0 Å². The number of carbonyl (C=O) groups excluding carboxylic acids is 1. The Labute approximate surface area is 122 Å². The van der Waals surface area contributed by atoms with E-state index < -0.39 is 0 Å². The van der Waals surface area contributed by atoms with Crippen molar-refractivity contribution in [3.05, 3.63) is 52.5 Å². The summed E-state index contributed by atoms with van der Waals surface area (Å²) in [7, 11) is 1.55. The van der Waals surface area contributed by atoms with E-state index in [-0.39, 0.29) is 5.91 Å².